The summed E-state index contributed by atoms with van der Waals surface area (Å²) >= 11 is 0. The molecule has 3 rings (SSSR count). The Hall–Kier alpha value is -4.00. The summed E-state index contributed by atoms with van der Waals surface area (Å²) in [6.07, 6.45) is 1.36. The topological polar surface area (TPSA) is 89.4 Å². The van der Waals surface area contributed by atoms with Crippen molar-refractivity contribution >= 4 is 12.1 Å². The molecule has 3 aromatic rings. The number of carbonyl (C=O) groups is 1. The Morgan fingerprint density at radius 3 is 2.32 bits per heavy atom. The molecule has 1 amide bonds. The Balaban J connectivity index is 1.53. The van der Waals surface area contributed by atoms with E-state index < -0.39 is 0 Å². The summed E-state index contributed by atoms with van der Waals surface area (Å²) in [5.41, 5.74) is 4.25. The first-order valence-electron chi connectivity index (χ1n) is 9.74. The van der Waals surface area contributed by atoms with Gasteiger partial charge in [0.25, 0.3) is 5.91 Å². The van der Waals surface area contributed by atoms with Gasteiger partial charge in [-0.05, 0) is 61.0 Å². The zero-order valence-electron chi connectivity index (χ0n) is 17.4. The van der Waals surface area contributed by atoms with Gasteiger partial charge in [-0.2, -0.15) is 5.10 Å². The van der Waals surface area contributed by atoms with Crippen LogP contribution in [0.3, 0.4) is 0 Å². The Labute approximate surface area is 180 Å². The van der Waals surface area contributed by atoms with Gasteiger partial charge < -0.3 is 19.3 Å². The standard InChI is InChI=1S/C24H24N2O5/c1-3-30-20-11-13-21(14-12-20)31-16-17-7-9-18(10-8-17)24(28)26-25-15-19-5-4-6-22(29-2)23(19)27/h4-15,27H,3,16H2,1-2H3,(H,26,28)/b25-15+. The predicted octanol–water partition coefficient (Wildman–Crippen LogP) is 4.14. The molecule has 0 heterocycles. The molecule has 0 bridgehead atoms. The van der Waals surface area contributed by atoms with Crippen LogP contribution in [0.5, 0.6) is 23.0 Å². The lowest BCUT2D eigenvalue weighted by Gasteiger charge is -2.08. The van der Waals surface area contributed by atoms with Crippen molar-refractivity contribution in [3.8, 4) is 23.0 Å². The number of rotatable bonds is 9. The van der Waals surface area contributed by atoms with E-state index in [4.69, 9.17) is 14.2 Å². The van der Waals surface area contributed by atoms with Crippen molar-refractivity contribution in [1.82, 2.24) is 5.43 Å². The van der Waals surface area contributed by atoms with Gasteiger partial charge in [-0.15, -0.1) is 0 Å². The number of aromatic hydroxyl groups is 1. The molecule has 0 saturated heterocycles. The van der Waals surface area contributed by atoms with E-state index in [0.29, 0.717) is 30.1 Å². The molecule has 0 atom stereocenters. The summed E-state index contributed by atoms with van der Waals surface area (Å²) in [5.74, 6) is 1.46. The first-order chi connectivity index (χ1) is 15.1. The van der Waals surface area contributed by atoms with Gasteiger partial charge in [0.2, 0.25) is 0 Å². The zero-order valence-corrected chi connectivity index (χ0v) is 17.4. The second kappa shape index (κ2) is 10.7. The van der Waals surface area contributed by atoms with E-state index >= 15 is 0 Å². The highest BCUT2D eigenvalue weighted by Gasteiger charge is 2.07. The molecule has 0 radical (unpaired) electrons. The molecule has 0 spiro atoms. The summed E-state index contributed by atoms with van der Waals surface area (Å²) in [5, 5.41) is 13.9. The van der Waals surface area contributed by atoms with E-state index in [9.17, 15) is 9.90 Å². The van der Waals surface area contributed by atoms with Crippen LogP contribution in [0, 0.1) is 0 Å². The number of ether oxygens (including phenoxy) is 3. The van der Waals surface area contributed by atoms with Crippen molar-refractivity contribution in [2.75, 3.05) is 13.7 Å². The monoisotopic (exact) mass is 420 g/mol. The fourth-order valence-electron chi connectivity index (χ4n) is 2.75. The SMILES string of the molecule is CCOc1ccc(OCc2ccc(C(=O)N/N=C/c3cccc(OC)c3O)cc2)cc1. The highest BCUT2D eigenvalue weighted by atomic mass is 16.5. The molecule has 0 saturated carbocycles. The molecule has 0 aliphatic rings. The number of phenols is 1. The number of phenolic OH excluding ortho intramolecular Hbond substituents is 1. The number of methoxy groups -OCH3 is 1. The Bertz CT molecular complexity index is 1030. The number of para-hydroxylation sites is 1. The summed E-state index contributed by atoms with van der Waals surface area (Å²) in [4.78, 5) is 12.3. The van der Waals surface area contributed by atoms with Crippen LogP contribution < -0.4 is 19.6 Å². The molecule has 2 N–H and O–H groups in total. The van der Waals surface area contributed by atoms with Gasteiger partial charge in [-0.1, -0.05) is 18.2 Å². The van der Waals surface area contributed by atoms with Crippen LogP contribution in [0.2, 0.25) is 0 Å². The maximum atomic E-state index is 12.3. The van der Waals surface area contributed by atoms with Crippen LogP contribution in [0.15, 0.2) is 71.8 Å². The number of hydrazone groups is 1. The van der Waals surface area contributed by atoms with Crippen LogP contribution in [-0.2, 0) is 6.61 Å². The number of carbonyl (C=O) groups excluding carboxylic acids is 1. The van der Waals surface area contributed by atoms with Crippen molar-refractivity contribution in [2.24, 2.45) is 5.10 Å². The van der Waals surface area contributed by atoms with E-state index in [-0.39, 0.29) is 11.7 Å². The van der Waals surface area contributed by atoms with Crippen molar-refractivity contribution in [1.29, 1.82) is 0 Å². The number of amides is 1. The Morgan fingerprint density at radius 2 is 1.68 bits per heavy atom. The Morgan fingerprint density at radius 1 is 1.00 bits per heavy atom. The highest BCUT2D eigenvalue weighted by molar-refractivity contribution is 5.95. The van der Waals surface area contributed by atoms with Crippen LogP contribution in [0.4, 0.5) is 0 Å². The van der Waals surface area contributed by atoms with Gasteiger partial charge >= 0.3 is 0 Å². The normalized spacial score (nSPS) is 10.6. The van der Waals surface area contributed by atoms with Gasteiger partial charge in [0.05, 0.1) is 19.9 Å². The molecule has 3 aromatic carbocycles. The van der Waals surface area contributed by atoms with Gasteiger partial charge in [0.15, 0.2) is 11.5 Å². The average Bonchev–Trinajstić information content (AvgIpc) is 2.80. The lowest BCUT2D eigenvalue weighted by molar-refractivity contribution is 0.0955. The molecule has 7 nitrogen and oxygen atoms in total. The molecular formula is C24H24N2O5. The third kappa shape index (κ3) is 5.99. The molecule has 0 fully saturated rings. The molecule has 31 heavy (non-hydrogen) atoms. The van der Waals surface area contributed by atoms with Crippen LogP contribution in [0.25, 0.3) is 0 Å². The van der Waals surface area contributed by atoms with Crippen molar-refractivity contribution in [3.05, 3.63) is 83.4 Å². The third-order valence-corrected chi connectivity index (χ3v) is 4.38. The van der Waals surface area contributed by atoms with Gasteiger partial charge in [-0.3, -0.25) is 4.79 Å². The van der Waals surface area contributed by atoms with Crippen molar-refractivity contribution < 1.29 is 24.1 Å². The lowest BCUT2D eigenvalue weighted by Crippen LogP contribution is -2.17. The predicted molar refractivity (Wildman–Crippen MR) is 118 cm³/mol. The van der Waals surface area contributed by atoms with E-state index in [1.165, 1.54) is 13.3 Å². The number of benzene rings is 3. The van der Waals surface area contributed by atoms with E-state index in [2.05, 4.69) is 10.5 Å². The Kier molecular flexibility index (Phi) is 7.48. The maximum Gasteiger partial charge on any atom is 0.271 e. The second-order valence-corrected chi connectivity index (χ2v) is 6.49. The number of nitrogens with zero attached hydrogens (tertiary/aromatic N) is 1. The van der Waals surface area contributed by atoms with Crippen LogP contribution >= 0.6 is 0 Å². The smallest absolute Gasteiger partial charge is 0.271 e. The molecular weight excluding hydrogens is 396 g/mol. The van der Waals surface area contributed by atoms with Crippen LogP contribution in [0.1, 0.15) is 28.4 Å². The minimum absolute atomic E-state index is 0.0418. The summed E-state index contributed by atoms with van der Waals surface area (Å²) in [6, 6.07) is 19.5. The quantitative estimate of drug-likeness (QED) is 0.401. The molecule has 7 heteroatoms. The summed E-state index contributed by atoms with van der Waals surface area (Å²) in [7, 11) is 1.46. The number of hydrogen-bond donors (Lipinski definition) is 2. The minimum atomic E-state index is -0.363. The van der Waals surface area contributed by atoms with Crippen molar-refractivity contribution in [3.63, 3.8) is 0 Å². The van der Waals surface area contributed by atoms with Crippen molar-refractivity contribution in [2.45, 2.75) is 13.5 Å². The van der Waals surface area contributed by atoms with Gasteiger partial charge in [0, 0.05) is 11.1 Å². The molecule has 0 unspecified atom stereocenters. The lowest BCUT2D eigenvalue weighted by atomic mass is 10.1. The molecule has 0 aliphatic heterocycles. The van der Waals surface area contributed by atoms with Gasteiger partial charge in [0.1, 0.15) is 18.1 Å². The largest absolute Gasteiger partial charge is 0.504 e. The number of hydrogen-bond acceptors (Lipinski definition) is 6. The summed E-state index contributed by atoms with van der Waals surface area (Å²) in [6.45, 7) is 2.93. The first kappa shape index (κ1) is 21.7. The maximum absolute atomic E-state index is 12.3. The zero-order chi connectivity index (χ0) is 22.1. The number of nitrogens with one attached hydrogen (secondary N) is 1. The third-order valence-electron chi connectivity index (χ3n) is 4.38. The minimum Gasteiger partial charge on any atom is -0.504 e. The van der Waals surface area contributed by atoms with E-state index in [1.807, 2.05) is 43.3 Å². The first-order valence-corrected chi connectivity index (χ1v) is 9.74. The van der Waals surface area contributed by atoms with E-state index in [0.717, 1.165) is 17.1 Å². The molecule has 160 valence electrons. The fourth-order valence-corrected chi connectivity index (χ4v) is 2.75. The van der Waals surface area contributed by atoms with Crippen LogP contribution in [-0.4, -0.2) is 30.9 Å². The highest BCUT2D eigenvalue weighted by Crippen LogP contribution is 2.27. The summed E-state index contributed by atoms with van der Waals surface area (Å²) < 4.78 is 16.2. The molecule has 0 aromatic heterocycles. The second-order valence-electron chi connectivity index (χ2n) is 6.49. The average molecular weight is 420 g/mol. The fraction of sp³-hybridized carbons (Fsp3) is 0.167. The van der Waals surface area contributed by atoms with Gasteiger partial charge in [-0.25, -0.2) is 5.43 Å². The molecule has 0 aliphatic carbocycles. The van der Waals surface area contributed by atoms with E-state index in [1.54, 1.807) is 30.3 Å².